The van der Waals surface area contributed by atoms with Crippen molar-refractivity contribution in [2.45, 2.75) is 36.5 Å². The van der Waals surface area contributed by atoms with E-state index in [0.29, 0.717) is 25.7 Å². The summed E-state index contributed by atoms with van der Waals surface area (Å²) >= 11 is 0. The molecule has 5 aromatic rings. The van der Waals surface area contributed by atoms with Crippen LogP contribution in [0, 0.1) is 40.5 Å². The van der Waals surface area contributed by atoms with E-state index in [1.165, 1.54) is 36.4 Å². The monoisotopic (exact) mass is 752 g/mol. The number of hydrogen-bond acceptors (Lipinski definition) is 10. The normalized spacial score (nSPS) is 18.5. The molecule has 282 valence electrons. The van der Waals surface area contributed by atoms with Crippen LogP contribution in [0.4, 0.5) is 34.1 Å². The number of rotatable bonds is 12. The highest BCUT2D eigenvalue weighted by atomic mass is 16.6. The van der Waals surface area contributed by atoms with Crippen molar-refractivity contribution in [1.29, 1.82) is 0 Å². The van der Waals surface area contributed by atoms with Crippen molar-refractivity contribution < 1.29 is 19.7 Å². The van der Waals surface area contributed by atoms with Crippen molar-refractivity contribution in [1.82, 2.24) is 0 Å². The molecule has 0 spiro atoms. The van der Waals surface area contributed by atoms with Crippen LogP contribution in [-0.2, 0) is 36.5 Å². The lowest BCUT2D eigenvalue weighted by Gasteiger charge is -2.34. The molecule has 0 aliphatic carbocycles. The van der Waals surface area contributed by atoms with Gasteiger partial charge in [0.05, 0.1) is 19.7 Å². The summed E-state index contributed by atoms with van der Waals surface area (Å²) in [5.74, 6) is 0. The molecular weight excluding hydrogens is 716 g/mol. The zero-order chi connectivity index (χ0) is 40.1. The van der Waals surface area contributed by atoms with Crippen molar-refractivity contribution in [3.05, 3.63) is 208 Å². The largest absolute Gasteiger partial charge is 0.348 e. The highest BCUT2D eigenvalue weighted by molar-refractivity contribution is 5.74. The van der Waals surface area contributed by atoms with Crippen LogP contribution >= 0.6 is 0 Å². The van der Waals surface area contributed by atoms with E-state index in [1.54, 1.807) is 48.5 Å². The average molecular weight is 753 g/mol. The number of nitro benzene ring substituents is 4. The van der Waals surface area contributed by atoms with Gasteiger partial charge in [0.25, 0.3) is 22.7 Å². The summed E-state index contributed by atoms with van der Waals surface area (Å²) in [6.45, 7) is 8.94. The Morgan fingerprint density at radius 3 is 0.964 bits per heavy atom. The summed E-state index contributed by atoms with van der Waals surface area (Å²) in [5.41, 5.74) is 5.99. The predicted octanol–water partition coefficient (Wildman–Crippen LogP) is 8.69. The first-order valence-corrected chi connectivity index (χ1v) is 17.6. The number of allylic oxidation sites excluding steroid dienone is 2. The number of anilines is 2. The second-order valence-corrected chi connectivity index (χ2v) is 14.5. The molecule has 2 unspecified atom stereocenters. The van der Waals surface area contributed by atoms with Gasteiger partial charge in [-0.05, 0) is 71.2 Å². The molecule has 56 heavy (non-hydrogen) atoms. The quantitative estimate of drug-likeness (QED) is 0.0884. The average Bonchev–Trinajstić information content (AvgIpc) is 3.50. The molecule has 0 N–H and O–H groups in total. The van der Waals surface area contributed by atoms with Crippen molar-refractivity contribution in [3.63, 3.8) is 0 Å². The maximum Gasteiger partial charge on any atom is 0.269 e. The third-order valence-corrected chi connectivity index (χ3v) is 11.4. The Labute approximate surface area is 321 Å². The van der Waals surface area contributed by atoms with E-state index < -0.39 is 30.5 Å². The Balaban J connectivity index is 1.28. The fraction of sp³-hybridized carbons (Fsp3) is 0.190. The van der Waals surface area contributed by atoms with Crippen LogP contribution in [0.2, 0.25) is 0 Å². The molecule has 14 heteroatoms. The van der Waals surface area contributed by atoms with E-state index in [-0.39, 0.29) is 22.7 Å². The zero-order valence-electron chi connectivity index (χ0n) is 30.6. The van der Waals surface area contributed by atoms with Crippen LogP contribution in [0.25, 0.3) is 0 Å². The van der Waals surface area contributed by atoms with Crippen LogP contribution in [0.15, 0.2) is 134 Å². The van der Waals surface area contributed by atoms with Crippen LogP contribution in [-0.4, -0.2) is 33.8 Å². The van der Waals surface area contributed by atoms with Gasteiger partial charge < -0.3 is 9.80 Å². The minimum absolute atomic E-state index is 0.0449. The number of hydrogen-bond donors (Lipinski definition) is 0. The van der Waals surface area contributed by atoms with E-state index in [1.807, 2.05) is 48.2 Å². The summed E-state index contributed by atoms with van der Waals surface area (Å²) in [6, 6.07) is 30.1. The molecule has 0 saturated heterocycles. The second kappa shape index (κ2) is 13.9. The number of fused-ring (bicyclic) bond motifs is 2. The molecule has 5 aromatic carbocycles. The topological polar surface area (TPSA) is 179 Å². The van der Waals surface area contributed by atoms with Crippen molar-refractivity contribution in [2.24, 2.45) is 0 Å². The van der Waals surface area contributed by atoms with Crippen LogP contribution in [0.1, 0.15) is 33.4 Å². The van der Waals surface area contributed by atoms with Gasteiger partial charge in [-0.3, -0.25) is 40.5 Å². The van der Waals surface area contributed by atoms with E-state index >= 15 is 0 Å². The molecular formula is C42H36N6O8. The number of likely N-dealkylation sites (N-methyl/N-ethyl adjacent to an activating group) is 2. The maximum absolute atomic E-state index is 12.0. The highest BCUT2D eigenvalue weighted by Crippen LogP contribution is 2.53. The molecule has 0 radical (unpaired) electrons. The Hall–Kier alpha value is -7.22. The molecule has 2 atom stereocenters. The van der Waals surface area contributed by atoms with Gasteiger partial charge in [0.2, 0.25) is 0 Å². The Bertz CT molecular complexity index is 2300. The molecule has 0 amide bonds. The fourth-order valence-electron chi connectivity index (χ4n) is 8.42. The summed E-state index contributed by atoms with van der Waals surface area (Å²) in [5, 5.41) is 46.7. The summed E-state index contributed by atoms with van der Waals surface area (Å²) < 4.78 is 0. The molecule has 0 aromatic heterocycles. The first-order chi connectivity index (χ1) is 26.6. The number of benzene rings is 5. The molecule has 7 rings (SSSR count). The summed E-state index contributed by atoms with van der Waals surface area (Å²) in [7, 11) is 3.73. The first-order valence-electron chi connectivity index (χ1n) is 17.6. The molecule has 2 aliphatic rings. The minimum atomic E-state index is -0.842. The summed E-state index contributed by atoms with van der Waals surface area (Å²) in [4.78, 5) is 48.8. The standard InChI is InChI=1S/C42H36N6O8/c1-27-41(25-31-9-13-33(14-10-31)45(49)50,37-21-35(47(53)54)17-19-39(37)43(27)3)23-29-5-7-30(8-6-29)24-42(26-32-11-15-34(16-12-32)46(51)52)28(2)44(4)40-20-18-36(48(55)56)22-38(40)42/h5-22H,1-2,23-26H2,3-4H3. The van der Waals surface area contributed by atoms with Crippen molar-refractivity contribution in [2.75, 3.05) is 23.9 Å². The Kier molecular flexibility index (Phi) is 9.20. The molecule has 0 bridgehead atoms. The molecule has 0 fully saturated rings. The summed E-state index contributed by atoms with van der Waals surface area (Å²) in [6.07, 6.45) is 1.54. The molecule has 14 nitrogen and oxygen atoms in total. The van der Waals surface area contributed by atoms with Gasteiger partial charge in [-0.1, -0.05) is 61.7 Å². The minimum Gasteiger partial charge on any atom is -0.348 e. The Morgan fingerprint density at radius 2 is 0.696 bits per heavy atom. The second-order valence-electron chi connectivity index (χ2n) is 14.5. The van der Waals surface area contributed by atoms with Crippen LogP contribution < -0.4 is 9.80 Å². The van der Waals surface area contributed by atoms with E-state index in [2.05, 4.69) is 13.2 Å². The SMILES string of the molecule is C=C1N(C)c2ccc([N+](=O)[O-])cc2C1(Cc1ccc(CC2(Cc3ccc([N+](=O)[O-])cc3)C(=C)N(C)c3ccc([N+](=O)[O-])cc32)cc1)Cc1ccc([N+](=O)[O-])cc1. The lowest BCUT2D eigenvalue weighted by molar-refractivity contribution is -0.385. The zero-order valence-corrected chi connectivity index (χ0v) is 30.6. The number of non-ortho nitro benzene ring substituents is 4. The molecule has 2 aliphatic heterocycles. The fourth-order valence-corrected chi connectivity index (χ4v) is 8.42. The van der Waals surface area contributed by atoms with E-state index in [9.17, 15) is 40.5 Å². The van der Waals surface area contributed by atoms with Crippen molar-refractivity contribution >= 4 is 34.1 Å². The van der Waals surface area contributed by atoms with Crippen molar-refractivity contribution in [3.8, 4) is 0 Å². The van der Waals surface area contributed by atoms with Gasteiger partial charge in [0.15, 0.2) is 0 Å². The lowest BCUT2D eigenvalue weighted by atomic mass is 9.70. The van der Waals surface area contributed by atoms with Gasteiger partial charge >= 0.3 is 0 Å². The first kappa shape index (κ1) is 37.1. The highest BCUT2D eigenvalue weighted by Gasteiger charge is 2.48. The van der Waals surface area contributed by atoms with Gasteiger partial charge in [-0.2, -0.15) is 0 Å². The van der Waals surface area contributed by atoms with E-state index in [0.717, 1.165) is 56.1 Å². The molecule has 2 heterocycles. The van der Waals surface area contributed by atoms with E-state index in [4.69, 9.17) is 0 Å². The van der Waals surface area contributed by atoms with Crippen LogP contribution in [0.3, 0.4) is 0 Å². The Morgan fingerprint density at radius 1 is 0.446 bits per heavy atom. The third kappa shape index (κ3) is 6.30. The van der Waals surface area contributed by atoms with Gasteiger partial charge in [0.1, 0.15) is 0 Å². The number of nitro groups is 4. The third-order valence-electron chi connectivity index (χ3n) is 11.4. The lowest BCUT2D eigenvalue weighted by Crippen LogP contribution is -2.34. The van der Waals surface area contributed by atoms with Gasteiger partial charge in [0, 0.05) is 96.2 Å². The van der Waals surface area contributed by atoms with Gasteiger partial charge in [-0.15, -0.1) is 0 Å². The number of nitrogens with zero attached hydrogens (tertiary/aromatic N) is 6. The maximum atomic E-state index is 12.0. The smallest absolute Gasteiger partial charge is 0.269 e. The van der Waals surface area contributed by atoms with Crippen LogP contribution in [0.5, 0.6) is 0 Å². The van der Waals surface area contributed by atoms with Gasteiger partial charge in [-0.25, -0.2) is 0 Å². The molecule has 0 saturated carbocycles. The predicted molar refractivity (Wildman–Crippen MR) is 212 cm³/mol.